The predicted molar refractivity (Wildman–Crippen MR) is 59.0 cm³/mol. The molecule has 1 saturated heterocycles. The minimum atomic E-state index is -1.70. The van der Waals surface area contributed by atoms with Gasteiger partial charge in [0.1, 0.15) is 0 Å². The van der Waals surface area contributed by atoms with Crippen LogP contribution in [0, 0.1) is 0 Å². The van der Waals surface area contributed by atoms with Crippen LogP contribution in [0.5, 0.6) is 0 Å². The Morgan fingerprint density at radius 3 is 2.10 bits per heavy atom. The Morgan fingerprint density at radius 1 is 1.05 bits per heavy atom. The van der Waals surface area contributed by atoms with Crippen molar-refractivity contribution >= 4 is 23.8 Å². The minimum Gasteiger partial charge on any atom is -0.371 e. The van der Waals surface area contributed by atoms with Crippen LogP contribution in [0.2, 0.25) is 0 Å². The van der Waals surface area contributed by atoms with Crippen molar-refractivity contribution in [1.82, 2.24) is 25.5 Å². The zero-order chi connectivity index (χ0) is 14.4. The molecule has 102 valence electrons. The number of amides is 5. The molecule has 3 heterocycles. The molecule has 3 N–H and O–H groups in total. The van der Waals surface area contributed by atoms with Gasteiger partial charge in [0.2, 0.25) is 0 Å². The quantitative estimate of drug-likeness (QED) is 0.486. The summed E-state index contributed by atoms with van der Waals surface area (Å²) < 4.78 is 0. The molecule has 5 amide bonds. The van der Waals surface area contributed by atoms with Crippen LogP contribution in [-0.2, 0) is 4.79 Å². The van der Waals surface area contributed by atoms with Gasteiger partial charge in [-0.15, -0.1) is 0 Å². The maximum absolute atomic E-state index is 12.1. The Bertz CT molecular complexity index is 624. The first-order chi connectivity index (χ1) is 9.50. The summed E-state index contributed by atoms with van der Waals surface area (Å²) >= 11 is 0. The van der Waals surface area contributed by atoms with Crippen molar-refractivity contribution in [3.8, 4) is 0 Å². The summed E-state index contributed by atoms with van der Waals surface area (Å²) in [5.74, 6) is -2.67. The van der Waals surface area contributed by atoms with Crippen LogP contribution in [0.15, 0.2) is 12.4 Å². The lowest BCUT2D eigenvalue weighted by Crippen LogP contribution is -2.67. The summed E-state index contributed by atoms with van der Waals surface area (Å²) in [6, 6.07) is -2.48. The van der Waals surface area contributed by atoms with Crippen LogP contribution in [0.3, 0.4) is 0 Å². The monoisotopic (exact) mass is 277 g/mol. The van der Waals surface area contributed by atoms with E-state index in [-0.39, 0.29) is 11.4 Å². The van der Waals surface area contributed by atoms with E-state index in [9.17, 15) is 24.3 Å². The number of urea groups is 1. The van der Waals surface area contributed by atoms with Crippen molar-refractivity contribution in [3.63, 3.8) is 0 Å². The molecule has 10 nitrogen and oxygen atoms in total. The van der Waals surface area contributed by atoms with Crippen LogP contribution in [0.25, 0.3) is 0 Å². The number of aromatic nitrogens is 2. The topological polar surface area (TPSA) is 142 Å². The molecule has 0 radical (unpaired) electrons. The van der Waals surface area contributed by atoms with Crippen LogP contribution in [0.4, 0.5) is 4.79 Å². The second-order valence-electron chi connectivity index (χ2n) is 4.09. The van der Waals surface area contributed by atoms with E-state index in [1.165, 1.54) is 12.4 Å². The van der Waals surface area contributed by atoms with E-state index in [0.29, 0.717) is 4.90 Å². The van der Waals surface area contributed by atoms with E-state index < -0.39 is 36.0 Å². The van der Waals surface area contributed by atoms with Crippen molar-refractivity contribution in [2.75, 3.05) is 0 Å². The lowest BCUT2D eigenvalue weighted by molar-refractivity contribution is -0.129. The Balaban J connectivity index is 2.00. The molecule has 0 spiro atoms. The van der Waals surface area contributed by atoms with Gasteiger partial charge in [0.25, 0.3) is 17.7 Å². The van der Waals surface area contributed by atoms with Crippen LogP contribution < -0.4 is 10.6 Å². The summed E-state index contributed by atoms with van der Waals surface area (Å²) in [6.07, 6.45) is 0.762. The highest BCUT2D eigenvalue weighted by atomic mass is 16.3. The van der Waals surface area contributed by atoms with Crippen molar-refractivity contribution in [2.45, 2.75) is 12.3 Å². The van der Waals surface area contributed by atoms with Gasteiger partial charge in [0, 0.05) is 12.4 Å². The number of hydrogen-bond acceptors (Lipinski definition) is 7. The number of nitrogens with one attached hydrogen (secondary N) is 2. The van der Waals surface area contributed by atoms with Gasteiger partial charge in [0.05, 0.1) is 0 Å². The third kappa shape index (κ3) is 1.55. The summed E-state index contributed by atoms with van der Waals surface area (Å²) in [5, 5.41) is 13.6. The molecule has 1 aromatic heterocycles. The Hall–Kier alpha value is -2.88. The lowest BCUT2D eigenvalue weighted by atomic mass is 10.1. The first-order valence-electron chi connectivity index (χ1n) is 5.49. The Morgan fingerprint density at radius 2 is 1.60 bits per heavy atom. The third-order valence-corrected chi connectivity index (χ3v) is 2.90. The molecule has 3 rings (SSSR count). The fraction of sp³-hybridized carbons (Fsp3) is 0.200. The molecule has 0 aliphatic carbocycles. The van der Waals surface area contributed by atoms with Crippen LogP contribution in [0.1, 0.15) is 21.0 Å². The standard InChI is InChI=1S/C10H7N5O5/c16-6-5(7(17)14-10(20)13-6)15-8(18)3-4(9(15)19)12-2-1-11-3/h1-2,5-6,16H,(H2,13,14,17,20). The van der Waals surface area contributed by atoms with Crippen molar-refractivity contribution < 1.29 is 24.3 Å². The lowest BCUT2D eigenvalue weighted by Gasteiger charge is -2.32. The fourth-order valence-electron chi connectivity index (χ4n) is 2.06. The molecule has 2 aliphatic rings. The van der Waals surface area contributed by atoms with Gasteiger partial charge in [-0.3, -0.25) is 24.6 Å². The molecule has 2 aliphatic heterocycles. The number of carbonyl (C=O) groups is 4. The van der Waals surface area contributed by atoms with Crippen molar-refractivity contribution in [3.05, 3.63) is 23.8 Å². The minimum absolute atomic E-state index is 0.200. The maximum atomic E-state index is 12.1. The van der Waals surface area contributed by atoms with Crippen molar-refractivity contribution in [2.24, 2.45) is 0 Å². The summed E-state index contributed by atoms with van der Waals surface area (Å²) in [7, 11) is 0. The molecule has 1 aromatic rings. The molecule has 2 atom stereocenters. The first kappa shape index (κ1) is 12.2. The van der Waals surface area contributed by atoms with Gasteiger partial charge >= 0.3 is 6.03 Å². The van der Waals surface area contributed by atoms with Gasteiger partial charge in [0.15, 0.2) is 23.7 Å². The smallest absolute Gasteiger partial charge is 0.323 e. The molecule has 1 fully saturated rings. The normalized spacial score (nSPS) is 25.4. The SMILES string of the molecule is O=C1NC(=O)C(N2C(=O)c3nccnc3C2=O)C(O)N1. The number of aliphatic hydroxyl groups excluding tert-OH is 1. The van der Waals surface area contributed by atoms with Crippen molar-refractivity contribution in [1.29, 1.82) is 0 Å². The zero-order valence-corrected chi connectivity index (χ0v) is 9.73. The van der Waals surface area contributed by atoms with Gasteiger partial charge in [-0.05, 0) is 0 Å². The third-order valence-electron chi connectivity index (χ3n) is 2.90. The van der Waals surface area contributed by atoms with E-state index in [1.807, 2.05) is 10.6 Å². The highest BCUT2D eigenvalue weighted by Gasteiger charge is 2.49. The number of imide groups is 2. The number of rotatable bonds is 1. The average molecular weight is 277 g/mol. The van der Waals surface area contributed by atoms with Crippen LogP contribution >= 0.6 is 0 Å². The summed E-state index contributed by atoms with van der Waals surface area (Å²) in [5.41, 5.74) is -0.399. The zero-order valence-electron chi connectivity index (χ0n) is 9.73. The number of nitrogens with zero attached hydrogens (tertiary/aromatic N) is 3. The number of hydrogen-bond donors (Lipinski definition) is 3. The molecular formula is C10H7N5O5. The Kier molecular flexibility index (Phi) is 2.47. The van der Waals surface area contributed by atoms with E-state index in [1.54, 1.807) is 0 Å². The second kappa shape index (κ2) is 4.06. The van der Waals surface area contributed by atoms with E-state index >= 15 is 0 Å². The largest absolute Gasteiger partial charge is 0.371 e. The molecule has 0 bridgehead atoms. The van der Waals surface area contributed by atoms with Crippen LogP contribution in [-0.4, -0.2) is 56.0 Å². The number of aliphatic hydroxyl groups is 1. The molecule has 2 unspecified atom stereocenters. The number of carbonyl (C=O) groups excluding carboxylic acids is 4. The molecule has 0 saturated carbocycles. The summed E-state index contributed by atoms with van der Waals surface area (Å²) in [6.45, 7) is 0. The molecule has 10 heteroatoms. The summed E-state index contributed by atoms with van der Waals surface area (Å²) in [4.78, 5) is 54.9. The highest BCUT2D eigenvalue weighted by molar-refractivity contribution is 6.21. The van der Waals surface area contributed by atoms with Gasteiger partial charge in [-0.25, -0.2) is 14.8 Å². The maximum Gasteiger partial charge on any atom is 0.323 e. The molecule has 20 heavy (non-hydrogen) atoms. The Labute approximate surface area is 110 Å². The van der Waals surface area contributed by atoms with E-state index in [4.69, 9.17) is 0 Å². The number of fused-ring (bicyclic) bond motifs is 1. The molecule has 0 aromatic carbocycles. The average Bonchev–Trinajstić information content (AvgIpc) is 2.64. The molecular weight excluding hydrogens is 270 g/mol. The fourth-order valence-corrected chi connectivity index (χ4v) is 2.06. The second-order valence-corrected chi connectivity index (χ2v) is 4.09. The van der Waals surface area contributed by atoms with Gasteiger partial charge in [-0.2, -0.15) is 0 Å². The first-order valence-corrected chi connectivity index (χ1v) is 5.49. The predicted octanol–water partition coefficient (Wildman–Crippen LogP) is -2.40. The van der Waals surface area contributed by atoms with E-state index in [2.05, 4.69) is 9.97 Å². The van der Waals surface area contributed by atoms with E-state index in [0.717, 1.165) is 0 Å². The van der Waals surface area contributed by atoms with Gasteiger partial charge in [-0.1, -0.05) is 0 Å². The van der Waals surface area contributed by atoms with Gasteiger partial charge < -0.3 is 10.4 Å². The highest BCUT2D eigenvalue weighted by Crippen LogP contribution is 2.22.